The second-order valence-corrected chi connectivity index (χ2v) is 10.7. The van der Waals surface area contributed by atoms with Crippen LogP contribution in [0.5, 0.6) is 6.01 Å². The SMILES string of the molecule is CCCCCCCCCCCCCCCCCCCC(=O)O[C@H]1[C@@H]2Oc3nc(=N)ccn3[C@@H]2O[C@@H]1CO. The first-order valence-electron chi connectivity index (χ1n) is 14.9. The van der Waals surface area contributed by atoms with Crippen LogP contribution in [0.25, 0.3) is 0 Å². The van der Waals surface area contributed by atoms with Crippen molar-refractivity contribution in [2.75, 3.05) is 6.61 Å². The molecule has 210 valence electrons. The van der Waals surface area contributed by atoms with Gasteiger partial charge in [0.2, 0.25) is 0 Å². The second kappa shape index (κ2) is 16.8. The Hall–Kier alpha value is -1.93. The largest absolute Gasteiger partial charge is 0.455 e. The summed E-state index contributed by atoms with van der Waals surface area (Å²) < 4.78 is 19.0. The minimum absolute atomic E-state index is 0.0947. The highest BCUT2D eigenvalue weighted by molar-refractivity contribution is 5.69. The van der Waals surface area contributed by atoms with Gasteiger partial charge in [-0.1, -0.05) is 110 Å². The van der Waals surface area contributed by atoms with Crippen molar-refractivity contribution in [1.29, 1.82) is 5.41 Å². The van der Waals surface area contributed by atoms with Crippen molar-refractivity contribution in [1.82, 2.24) is 9.55 Å². The van der Waals surface area contributed by atoms with E-state index >= 15 is 0 Å². The fraction of sp³-hybridized carbons (Fsp3) is 0.828. The molecule has 0 spiro atoms. The Morgan fingerprint density at radius 1 is 0.946 bits per heavy atom. The molecule has 0 aliphatic carbocycles. The fourth-order valence-corrected chi connectivity index (χ4v) is 5.37. The summed E-state index contributed by atoms with van der Waals surface area (Å²) in [7, 11) is 0. The minimum Gasteiger partial charge on any atom is -0.455 e. The third-order valence-corrected chi connectivity index (χ3v) is 7.56. The maximum Gasteiger partial charge on any atom is 0.306 e. The predicted octanol–water partition coefficient (Wildman–Crippen LogP) is 5.97. The molecule has 0 bridgehead atoms. The number of nitrogens with zero attached hydrogens (tertiary/aromatic N) is 2. The van der Waals surface area contributed by atoms with Gasteiger partial charge in [0.1, 0.15) is 6.10 Å². The first kappa shape index (κ1) is 29.6. The molecule has 3 heterocycles. The monoisotopic (exact) mass is 519 g/mol. The average Bonchev–Trinajstić information content (AvgIpc) is 3.41. The Morgan fingerprint density at radius 3 is 2.03 bits per heavy atom. The standard InChI is InChI=1S/C29H49N3O5/c1-2-3-4-5-6-7-8-9-10-11-12-13-14-15-16-17-18-19-25(34)36-26-23(22-33)35-28-27(26)37-29-31-24(30)20-21-32(28)29/h20-21,23,26-28,30,33H,2-19,22H2,1H3/t23-,26-,27+,28-/m1/s1. The summed E-state index contributed by atoms with van der Waals surface area (Å²) in [4.78, 5) is 16.5. The van der Waals surface area contributed by atoms with E-state index in [4.69, 9.17) is 19.6 Å². The van der Waals surface area contributed by atoms with Gasteiger partial charge in [-0.25, -0.2) is 0 Å². The zero-order valence-corrected chi connectivity index (χ0v) is 22.9. The number of hydrogen-bond donors (Lipinski definition) is 2. The molecule has 0 amide bonds. The molecule has 1 fully saturated rings. The third kappa shape index (κ3) is 9.71. The summed E-state index contributed by atoms with van der Waals surface area (Å²) in [5.41, 5.74) is 0.0947. The smallest absolute Gasteiger partial charge is 0.306 e. The quantitative estimate of drug-likeness (QED) is 0.162. The molecule has 0 aromatic carbocycles. The Balaban J connectivity index is 1.16. The van der Waals surface area contributed by atoms with E-state index in [-0.39, 0.29) is 24.1 Å². The number of rotatable bonds is 20. The molecule has 1 aromatic rings. The van der Waals surface area contributed by atoms with E-state index in [2.05, 4.69) is 11.9 Å². The number of carbonyl (C=O) groups excluding carboxylic acids is 1. The lowest BCUT2D eigenvalue weighted by Gasteiger charge is -2.20. The maximum atomic E-state index is 12.5. The number of aliphatic hydroxyl groups excluding tert-OH is 1. The molecule has 2 aliphatic rings. The molecule has 0 saturated carbocycles. The number of fused-ring (bicyclic) bond motifs is 3. The lowest BCUT2D eigenvalue weighted by Crippen LogP contribution is -2.39. The van der Waals surface area contributed by atoms with Crippen LogP contribution in [0.3, 0.4) is 0 Å². The van der Waals surface area contributed by atoms with Crippen LogP contribution in [-0.2, 0) is 14.3 Å². The van der Waals surface area contributed by atoms with Crippen molar-refractivity contribution < 1.29 is 24.1 Å². The molecule has 3 rings (SSSR count). The lowest BCUT2D eigenvalue weighted by molar-refractivity contribution is -0.156. The van der Waals surface area contributed by atoms with Gasteiger partial charge in [0.15, 0.2) is 23.9 Å². The van der Waals surface area contributed by atoms with E-state index in [9.17, 15) is 9.90 Å². The summed E-state index contributed by atoms with van der Waals surface area (Å²) >= 11 is 0. The van der Waals surface area contributed by atoms with Gasteiger partial charge < -0.3 is 19.3 Å². The van der Waals surface area contributed by atoms with Crippen molar-refractivity contribution in [3.63, 3.8) is 0 Å². The number of esters is 1. The molecule has 1 saturated heterocycles. The zero-order chi connectivity index (χ0) is 26.3. The Labute approximate surface area is 222 Å². The van der Waals surface area contributed by atoms with Gasteiger partial charge in [-0.15, -0.1) is 0 Å². The number of carbonyl (C=O) groups is 1. The van der Waals surface area contributed by atoms with E-state index in [1.807, 2.05) is 0 Å². The van der Waals surface area contributed by atoms with Crippen LogP contribution in [0.15, 0.2) is 12.3 Å². The molecule has 8 nitrogen and oxygen atoms in total. The normalized spacial score (nSPS) is 22.0. The summed E-state index contributed by atoms with van der Waals surface area (Å²) in [5.74, 6) is -0.285. The van der Waals surface area contributed by atoms with Gasteiger partial charge >= 0.3 is 12.0 Å². The molecule has 1 aromatic heterocycles. The minimum atomic E-state index is -0.691. The first-order chi connectivity index (χ1) is 18.1. The number of aromatic nitrogens is 2. The highest BCUT2D eigenvalue weighted by Crippen LogP contribution is 2.40. The maximum absolute atomic E-state index is 12.5. The summed E-state index contributed by atoms with van der Waals surface area (Å²) in [6, 6.07) is 1.82. The van der Waals surface area contributed by atoms with Gasteiger partial charge in [-0.05, 0) is 12.5 Å². The van der Waals surface area contributed by atoms with Crippen LogP contribution < -0.4 is 10.2 Å². The molecule has 0 radical (unpaired) electrons. The van der Waals surface area contributed by atoms with Gasteiger partial charge in [-0.2, -0.15) is 4.98 Å². The van der Waals surface area contributed by atoms with E-state index < -0.39 is 24.5 Å². The Bertz CT molecular complexity index is 845. The summed E-state index contributed by atoms with van der Waals surface area (Å²) in [6.45, 7) is 2.02. The molecule has 4 atom stereocenters. The predicted molar refractivity (Wildman–Crippen MR) is 142 cm³/mol. The fourth-order valence-electron chi connectivity index (χ4n) is 5.37. The van der Waals surface area contributed by atoms with E-state index in [0.717, 1.165) is 19.3 Å². The summed E-state index contributed by atoms with van der Waals surface area (Å²) in [6.07, 6.45) is 21.8. The lowest BCUT2D eigenvalue weighted by atomic mass is 10.0. The topological polar surface area (TPSA) is 107 Å². The highest BCUT2D eigenvalue weighted by atomic mass is 16.7. The van der Waals surface area contributed by atoms with Crippen molar-refractivity contribution in [2.45, 2.75) is 147 Å². The van der Waals surface area contributed by atoms with Crippen LogP contribution >= 0.6 is 0 Å². The summed E-state index contributed by atoms with van der Waals surface area (Å²) in [5, 5.41) is 17.4. The van der Waals surface area contributed by atoms with Crippen molar-refractivity contribution in [3.05, 3.63) is 17.8 Å². The molecule has 2 N–H and O–H groups in total. The van der Waals surface area contributed by atoms with Crippen LogP contribution in [0.1, 0.15) is 129 Å². The zero-order valence-electron chi connectivity index (χ0n) is 22.9. The van der Waals surface area contributed by atoms with Gasteiger partial charge in [0.05, 0.1) is 6.61 Å². The van der Waals surface area contributed by atoms with E-state index in [0.29, 0.717) is 6.42 Å². The Morgan fingerprint density at radius 2 is 1.49 bits per heavy atom. The van der Waals surface area contributed by atoms with Crippen molar-refractivity contribution in [2.24, 2.45) is 0 Å². The number of nitrogens with one attached hydrogen (secondary N) is 1. The van der Waals surface area contributed by atoms with Crippen LogP contribution in [-0.4, -0.2) is 45.5 Å². The average molecular weight is 520 g/mol. The third-order valence-electron chi connectivity index (χ3n) is 7.56. The molecular formula is C29H49N3O5. The van der Waals surface area contributed by atoms with E-state index in [1.165, 1.54) is 89.9 Å². The first-order valence-corrected chi connectivity index (χ1v) is 14.9. The van der Waals surface area contributed by atoms with Gasteiger partial charge in [0.25, 0.3) is 0 Å². The van der Waals surface area contributed by atoms with Gasteiger partial charge in [-0.3, -0.25) is 14.8 Å². The molecular weight excluding hydrogens is 470 g/mol. The molecule has 8 heteroatoms. The number of hydrogen-bond acceptors (Lipinski definition) is 7. The molecule has 2 aliphatic heterocycles. The number of aliphatic hydroxyl groups is 1. The highest BCUT2D eigenvalue weighted by Gasteiger charge is 2.53. The van der Waals surface area contributed by atoms with Crippen LogP contribution in [0.4, 0.5) is 0 Å². The van der Waals surface area contributed by atoms with Gasteiger partial charge in [0, 0.05) is 12.6 Å². The number of unbranched alkanes of at least 4 members (excludes halogenated alkanes) is 16. The second-order valence-electron chi connectivity index (χ2n) is 10.7. The van der Waals surface area contributed by atoms with Crippen LogP contribution in [0.2, 0.25) is 0 Å². The van der Waals surface area contributed by atoms with Crippen molar-refractivity contribution in [3.8, 4) is 6.01 Å². The molecule has 0 unspecified atom stereocenters. The van der Waals surface area contributed by atoms with Crippen molar-refractivity contribution >= 4 is 5.97 Å². The Kier molecular flexibility index (Phi) is 13.5. The van der Waals surface area contributed by atoms with Crippen LogP contribution in [0, 0.1) is 5.41 Å². The molecule has 37 heavy (non-hydrogen) atoms. The number of ether oxygens (including phenoxy) is 3. The van der Waals surface area contributed by atoms with E-state index in [1.54, 1.807) is 16.8 Å².